The fraction of sp³-hybridized carbons (Fsp3) is 0.269. The highest BCUT2D eigenvalue weighted by Gasteiger charge is 2.39. The fourth-order valence-electron chi connectivity index (χ4n) is 3.70. The third-order valence-electron chi connectivity index (χ3n) is 5.28. The first kappa shape index (κ1) is 22.7. The third kappa shape index (κ3) is 5.58. The molecule has 3 aromatic rings. The summed E-state index contributed by atoms with van der Waals surface area (Å²) in [6.07, 6.45) is 0. The third-order valence-corrected chi connectivity index (χ3v) is 5.28. The summed E-state index contributed by atoms with van der Waals surface area (Å²) in [5.74, 6) is -0.947. The molecule has 1 unspecified atom stereocenters. The molecule has 0 fully saturated rings. The lowest BCUT2D eigenvalue weighted by molar-refractivity contribution is -0.141. The van der Waals surface area contributed by atoms with Gasteiger partial charge in [0.15, 0.2) is 0 Å². The number of benzene rings is 3. The monoisotopic (exact) mass is 418 g/mol. The summed E-state index contributed by atoms with van der Waals surface area (Å²) in [7, 11) is 3.92. The Labute approximate surface area is 184 Å². The molecule has 31 heavy (non-hydrogen) atoms. The Morgan fingerprint density at radius 2 is 1.29 bits per heavy atom. The van der Waals surface area contributed by atoms with Gasteiger partial charge in [0, 0.05) is 6.54 Å². The number of rotatable bonds is 11. The number of hydrogen-bond acceptors (Lipinski definition) is 4. The number of ether oxygens (including phenoxy) is 1. The lowest BCUT2D eigenvalue weighted by Gasteiger charge is -2.39. The van der Waals surface area contributed by atoms with Crippen LogP contribution >= 0.6 is 0 Å². The first-order chi connectivity index (χ1) is 15.0. The van der Waals surface area contributed by atoms with Crippen molar-refractivity contribution in [2.75, 3.05) is 33.9 Å². The van der Waals surface area contributed by atoms with Crippen molar-refractivity contribution in [3.8, 4) is 0 Å². The second-order valence-corrected chi connectivity index (χ2v) is 7.76. The van der Waals surface area contributed by atoms with E-state index < -0.39 is 17.6 Å². The normalized spacial score (nSPS) is 12.6. The molecular weight excluding hydrogens is 388 g/mol. The molecule has 3 aromatic carbocycles. The molecule has 0 aliphatic carbocycles. The lowest BCUT2D eigenvalue weighted by atomic mass is 9.76. The van der Waals surface area contributed by atoms with Gasteiger partial charge >= 0.3 is 5.97 Å². The van der Waals surface area contributed by atoms with Crippen molar-refractivity contribution in [2.45, 2.75) is 11.6 Å². The first-order valence-corrected chi connectivity index (χ1v) is 10.4. The van der Waals surface area contributed by atoms with Gasteiger partial charge in [-0.2, -0.15) is 0 Å². The molecule has 0 bridgehead atoms. The fourth-order valence-corrected chi connectivity index (χ4v) is 3.70. The molecule has 0 aromatic heterocycles. The summed E-state index contributed by atoms with van der Waals surface area (Å²) in [5, 5.41) is 13.5. The number of carboxylic acids is 1. The highest BCUT2D eigenvalue weighted by atomic mass is 16.5. The largest absolute Gasteiger partial charge is 0.480 e. The molecule has 0 saturated heterocycles. The van der Waals surface area contributed by atoms with E-state index in [-0.39, 0.29) is 6.61 Å². The highest BCUT2D eigenvalue weighted by Crippen LogP contribution is 2.37. The maximum atomic E-state index is 12.2. The second kappa shape index (κ2) is 10.9. The summed E-state index contributed by atoms with van der Waals surface area (Å²) in [6.45, 7) is 1.26. The molecule has 0 radical (unpaired) electrons. The minimum atomic E-state index is -0.947. The molecule has 0 heterocycles. The molecule has 0 saturated carbocycles. The van der Waals surface area contributed by atoms with Crippen LogP contribution in [0.3, 0.4) is 0 Å². The maximum absolute atomic E-state index is 12.2. The zero-order valence-corrected chi connectivity index (χ0v) is 18.1. The van der Waals surface area contributed by atoms with Gasteiger partial charge in [-0.25, -0.2) is 0 Å². The summed E-state index contributed by atoms with van der Waals surface area (Å²) in [5.41, 5.74) is 2.04. The number of likely N-dealkylation sites (N-methyl/N-ethyl adjacent to an activating group) is 1. The van der Waals surface area contributed by atoms with Crippen LogP contribution in [0.1, 0.15) is 16.7 Å². The van der Waals surface area contributed by atoms with Crippen LogP contribution in [0.25, 0.3) is 0 Å². The molecule has 1 atom stereocenters. The van der Waals surface area contributed by atoms with Crippen molar-refractivity contribution in [2.24, 2.45) is 0 Å². The molecule has 0 aliphatic heterocycles. The average Bonchev–Trinajstić information content (AvgIpc) is 2.80. The Balaban J connectivity index is 2.07. The van der Waals surface area contributed by atoms with Crippen LogP contribution < -0.4 is 5.32 Å². The first-order valence-electron chi connectivity index (χ1n) is 10.4. The Bertz CT molecular complexity index is 834. The van der Waals surface area contributed by atoms with E-state index in [0.717, 1.165) is 23.2 Å². The number of aliphatic carboxylic acids is 1. The quantitative estimate of drug-likeness (QED) is 0.368. The van der Waals surface area contributed by atoms with Gasteiger partial charge in [0.25, 0.3) is 0 Å². The molecule has 0 spiro atoms. The Hall–Kier alpha value is -2.99. The van der Waals surface area contributed by atoms with Crippen molar-refractivity contribution in [1.29, 1.82) is 0 Å². The minimum absolute atomic E-state index is 0.0669. The van der Waals surface area contributed by atoms with E-state index >= 15 is 0 Å². The summed E-state index contributed by atoms with van der Waals surface area (Å²) in [4.78, 5) is 14.3. The summed E-state index contributed by atoms with van der Waals surface area (Å²) >= 11 is 0. The molecule has 0 aliphatic rings. The Morgan fingerprint density at radius 3 is 1.65 bits per heavy atom. The number of hydrogen-bond donors (Lipinski definition) is 2. The van der Waals surface area contributed by atoms with Crippen molar-refractivity contribution in [3.05, 3.63) is 108 Å². The second-order valence-electron chi connectivity index (χ2n) is 7.76. The van der Waals surface area contributed by atoms with Gasteiger partial charge in [0.1, 0.15) is 6.04 Å². The number of nitrogens with zero attached hydrogens (tertiary/aromatic N) is 1. The van der Waals surface area contributed by atoms with Crippen LogP contribution in [0.4, 0.5) is 0 Å². The predicted molar refractivity (Wildman–Crippen MR) is 123 cm³/mol. The summed E-state index contributed by atoms with van der Waals surface area (Å²) < 4.78 is 5.74. The van der Waals surface area contributed by atoms with Gasteiger partial charge < -0.3 is 14.7 Å². The van der Waals surface area contributed by atoms with E-state index in [4.69, 9.17) is 4.74 Å². The molecule has 5 nitrogen and oxygen atoms in total. The zero-order valence-electron chi connectivity index (χ0n) is 18.1. The van der Waals surface area contributed by atoms with E-state index in [1.165, 1.54) is 0 Å². The van der Waals surface area contributed by atoms with Gasteiger partial charge in [-0.15, -0.1) is 0 Å². The van der Waals surface area contributed by atoms with E-state index in [1.54, 1.807) is 0 Å². The van der Waals surface area contributed by atoms with Crippen LogP contribution in [-0.4, -0.2) is 55.9 Å². The van der Waals surface area contributed by atoms with E-state index in [2.05, 4.69) is 5.32 Å². The maximum Gasteiger partial charge on any atom is 0.323 e. The standard InChI is InChI=1S/C26H30N2O3/c1-28(2)18-19-31-20-24(25(29)30)27-26(21-12-6-3-7-13-21,22-14-8-4-9-15-22)23-16-10-5-11-17-23/h3-17,24,27H,18-20H2,1-2H3,(H,29,30). The van der Waals surface area contributed by atoms with Crippen LogP contribution in [0.15, 0.2) is 91.0 Å². The molecule has 2 N–H and O–H groups in total. The molecule has 0 amide bonds. The van der Waals surface area contributed by atoms with Gasteiger partial charge in [-0.05, 0) is 30.8 Å². The van der Waals surface area contributed by atoms with E-state index in [0.29, 0.717) is 6.61 Å². The van der Waals surface area contributed by atoms with E-state index in [1.807, 2.05) is 110 Å². The van der Waals surface area contributed by atoms with Crippen molar-refractivity contribution < 1.29 is 14.6 Å². The SMILES string of the molecule is CN(C)CCOCC(NC(c1ccccc1)(c1ccccc1)c1ccccc1)C(=O)O. The van der Waals surface area contributed by atoms with Crippen molar-refractivity contribution in [1.82, 2.24) is 10.2 Å². The predicted octanol–water partition coefficient (Wildman–Crippen LogP) is 3.60. The molecule has 5 heteroatoms. The molecule has 3 rings (SSSR count). The topological polar surface area (TPSA) is 61.8 Å². The Kier molecular flexibility index (Phi) is 7.95. The van der Waals surface area contributed by atoms with Crippen LogP contribution in [0.2, 0.25) is 0 Å². The van der Waals surface area contributed by atoms with Crippen molar-refractivity contribution in [3.63, 3.8) is 0 Å². The number of nitrogens with one attached hydrogen (secondary N) is 1. The average molecular weight is 419 g/mol. The van der Waals surface area contributed by atoms with Crippen LogP contribution in [0, 0.1) is 0 Å². The zero-order chi connectivity index (χ0) is 22.1. The van der Waals surface area contributed by atoms with E-state index in [9.17, 15) is 9.90 Å². The smallest absolute Gasteiger partial charge is 0.323 e. The minimum Gasteiger partial charge on any atom is -0.480 e. The lowest BCUT2D eigenvalue weighted by Crippen LogP contribution is -2.54. The number of carbonyl (C=O) groups is 1. The van der Waals surface area contributed by atoms with Gasteiger partial charge in [-0.1, -0.05) is 91.0 Å². The van der Waals surface area contributed by atoms with Crippen LogP contribution in [0.5, 0.6) is 0 Å². The van der Waals surface area contributed by atoms with Crippen LogP contribution in [-0.2, 0) is 15.1 Å². The molecule has 162 valence electrons. The number of carboxylic acid groups (broad SMARTS) is 1. The van der Waals surface area contributed by atoms with Gasteiger partial charge in [0.2, 0.25) is 0 Å². The summed E-state index contributed by atoms with van der Waals surface area (Å²) in [6, 6.07) is 29.0. The van der Waals surface area contributed by atoms with Gasteiger partial charge in [0.05, 0.1) is 18.8 Å². The van der Waals surface area contributed by atoms with Gasteiger partial charge in [-0.3, -0.25) is 10.1 Å². The molecular formula is C26H30N2O3. The Morgan fingerprint density at radius 1 is 0.871 bits per heavy atom. The van der Waals surface area contributed by atoms with Crippen molar-refractivity contribution >= 4 is 5.97 Å². The highest BCUT2D eigenvalue weighted by molar-refractivity contribution is 5.74.